The van der Waals surface area contributed by atoms with E-state index in [-0.39, 0.29) is 404 Å². The summed E-state index contributed by atoms with van der Waals surface area (Å²) in [4.78, 5) is 0. The van der Waals surface area contributed by atoms with Crippen LogP contribution < -0.4 is 395 Å². The topological polar surface area (TPSA) is 1120 Å². The summed E-state index contributed by atoms with van der Waals surface area (Å²) in [6.07, 6.45) is -54.2. The third-order valence-corrected chi connectivity index (χ3v) is 21.2. The number of methoxy groups -OCH3 is 1. The predicted octanol–water partition coefficient (Wildman–Crippen LogP) is -54.8. The third kappa shape index (κ3) is 69.9. The van der Waals surface area contributed by atoms with Crippen LogP contribution in [0.1, 0.15) is 27.7 Å². The standard InChI is InChI=1S/C49H84N4O53S8.12Na.4H2O4S/c1-14-34(58)18(54)6-26(84-14)92-43-23(11-81-112(70,71)72)89-47(31(36(43)60)51-108-104-100-64)96-40-16(3)86-28(8-20(40)56)94-45-25(13-83-114(76,77)78)91-49(33(38(45)62)53-110-106-102-66)98-41-17(4)87-29(9-21(41)57)95-44-24(12-82-113(73,74)75)90-48(32(37(44)61)52-109-105-101-65)97-39-15(2)85-27(7-19(39)55)93-42-22(10-80-111(67,68)69)88-46(79-5)30(35(42)59)50-107-103-99-63;;;;;;;;;;;;;4*1-5(2,3)4/h6-9,14-66H,10-13H2,1-5H3,(H,67,68,69)(H,70,71,72)(H,73,74,75)(H,76,77,78);;;;;;;;;;;;;4*(H2,1,2,3,4)/q-4;12*+1;;;;/p-12/t14?,15?,16?,17?,18-,19-,20-,21-,22?,23?,24?,25?,26-,27-,28-,29-,30?,31?,32?,33?,34+,35+,36+,37+,38+,39-,40-,41-,42+,43+,44+,45+,46-,47-,48-,49-;;;;;;;;;;;;;;;;/m0................/s1. The zero-order valence-electron chi connectivity index (χ0n) is 78.5. The monoisotopic (exact) mass is 2490 g/mol. The van der Waals surface area contributed by atoms with Crippen molar-refractivity contribution in [2.24, 2.45) is 0 Å². The summed E-state index contributed by atoms with van der Waals surface area (Å²) < 4.78 is 411. The number of nitrogens with one attached hydrogen (secondary N) is 4. The van der Waals surface area contributed by atoms with E-state index >= 15 is 0 Å². The molecule has 0 saturated carbocycles. The molecule has 8 fully saturated rings. The Morgan fingerprint density at radius 2 is 0.452 bits per heavy atom. The summed E-state index contributed by atoms with van der Waals surface area (Å²) in [7, 11) is -40.8. The van der Waals surface area contributed by atoms with Gasteiger partial charge in [0.05, 0.1) is 99.4 Å². The van der Waals surface area contributed by atoms with E-state index in [4.69, 9.17) is 146 Å². The van der Waals surface area contributed by atoms with E-state index in [9.17, 15) is 119 Å². The first-order chi connectivity index (χ1) is 61.6. The minimum absolute atomic E-state index is 0. The second-order valence-electron chi connectivity index (χ2n) is 26.6. The second kappa shape index (κ2) is 84.0. The van der Waals surface area contributed by atoms with Gasteiger partial charge in [0.1, 0.15) is 122 Å². The number of hydrogen-bond acceptors (Lipinski definition) is 73. The molecule has 0 aromatic rings. The Balaban J connectivity index is -0.000000762. The molecule has 17 N–H and O–H groups in total. The maximum atomic E-state index is 12.1. The summed E-state index contributed by atoms with van der Waals surface area (Å²) in [5.41, 5.74) is 0. The smallest absolute Gasteiger partial charge is 0.726 e. The summed E-state index contributed by atoms with van der Waals surface area (Å²) in [5.74, 6) is 0. The first-order valence-corrected chi connectivity index (χ1v) is 48.9. The third-order valence-electron chi connectivity index (χ3n) is 17.5. The molecule has 0 aromatic heterocycles. The number of rotatable bonds is 43. The average Bonchev–Trinajstić information content (AvgIpc) is 0.777. The fourth-order valence-corrected chi connectivity index (χ4v) is 15.3. The van der Waals surface area contributed by atoms with Crippen molar-refractivity contribution in [1.29, 1.82) is 0 Å². The van der Waals surface area contributed by atoms with Crippen LogP contribution in [0.3, 0.4) is 0 Å². The van der Waals surface area contributed by atoms with Crippen molar-refractivity contribution in [2.75, 3.05) is 33.5 Å². The summed E-state index contributed by atoms with van der Waals surface area (Å²) in [6.45, 7) is -0.00110. The Kier molecular flexibility index (Phi) is 100. The van der Waals surface area contributed by atoms with Gasteiger partial charge in [0.15, 0.2) is 25.2 Å². The van der Waals surface area contributed by atoms with Gasteiger partial charge < -0.3 is 179 Å². The van der Waals surface area contributed by atoms with Crippen molar-refractivity contribution in [3.8, 4) is 0 Å². The van der Waals surface area contributed by atoms with Crippen LogP contribution in [-0.2, 0) is 213 Å². The van der Waals surface area contributed by atoms with Crippen molar-refractivity contribution in [3.63, 3.8) is 0 Å². The number of ether oxygens (including phenoxy) is 16. The zero-order valence-corrected chi connectivity index (χ0v) is 112. The molecule has 798 valence electrons. The molecule has 36 atom stereocenters. The Morgan fingerprint density at radius 1 is 0.274 bits per heavy atom. The van der Waals surface area contributed by atoms with E-state index in [0.717, 1.165) is 32.8 Å². The van der Waals surface area contributed by atoms with Crippen LogP contribution in [0.4, 0.5) is 0 Å². The second-order valence-corrected chi connectivity index (χ2v) is 36.4. The molecule has 8 aliphatic heterocycles. The van der Waals surface area contributed by atoms with Crippen LogP contribution in [0.15, 0.2) is 0 Å². The van der Waals surface area contributed by atoms with Gasteiger partial charge in [0, 0.05) is 32.3 Å². The van der Waals surface area contributed by atoms with Gasteiger partial charge in [-0.05, 0) is 52.1 Å². The van der Waals surface area contributed by atoms with E-state index in [0.29, 0.717) is 0 Å². The van der Waals surface area contributed by atoms with E-state index in [1.165, 1.54) is 27.7 Å². The van der Waals surface area contributed by atoms with Crippen LogP contribution in [0, 0.1) is 25.7 Å². The van der Waals surface area contributed by atoms with Crippen molar-refractivity contribution < 1.29 is 674 Å². The molecule has 0 bridgehead atoms. The Bertz CT molecular complexity index is 4250. The van der Waals surface area contributed by atoms with Crippen molar-refractivity contribution in [1.82, 2.24) is 18.9 Å². The molecule has 97 heteroatoms. The molecule has 0 radical (unpaired) electrons. The van der Waals surface area contributed by atoms with Gasteiger partial charge in [-0.25, -0.2) is 112 Å². The van der Waals surface area contributed by atoms with Gasteiger partial charge in [-0.3, -0.25) is 55.1 Å². The van der Waals surface area contributed by atoms with Gasteiger partial charge in [-0.15, -0.1) is 0 Å². The number of hydrogen-bond donors (Lipinski definition) is 17. The van der Waals surface area contributed by atoms with Crippen LogP contribution in [0.25, 0.3) is 0 Å². The number of aliphatic hydroxyl groups is 9. The minimum atomic E-state index is -5.67. The van der Waals surface area contributed by atoms with E-state index in [1.807, 2.05) is 0 Å². The van der Waals surface area contributed by atoms with Crippen molar-refractivity contribution in [3.05, 3.63) is 25.7 Å². The molecule has 0 amide bonds. The van der Waals surface area contributed by atoms with Gasteiger partial charge in [0.25, 0.3) is 0 Å². The number of aliphatic hydroxyl groups excluding tert-OH is 9. The van der Waals surface area contributed by atoms with Crippen LogP contribution >= 0.6 is 48.9 Å². The molecule has 8 heterocycles. The normalized spacial score (nSPS) is 34.7. The maximum Gasteiger partial charge on any atom is 1.00 e. The first kappa shape index (κ1) is 174. The Hall–Kier alpha value is 10.7. The van der Waals surface area contributed by atoms with Crippen LogP contribution in [-0.4, -0.2) is 422 Å². The molecule has 0 spiro atoms. The molecule has 8 rings (SSSR count). The first-order valence-electron chi connectivity index (χ1n) is 35.2. The molecule has 8 saturated heterocycles. The van der Waals surface area contributed by atoms with Gasteiger partial charge in [-0.1, -0.05) is 0 Å². The van der Waals surface area contributed by atoms with Gasteiger partial charge >= 0.3 is 355 Å². The Morgan fingerprint density at radius 3 is 0.623 bits per heavy atom. The van der Waals surface area contributed by atoms with Gasteiger partial charge in [-0.2, -0.15) is 17.3 Å². The van der Waals surface area contributed by atoms with Crippen LogP contribution in [0.5, 0.6) is 0 Å². The molecular weight excluding hydrogens is 2410 g/mol. The molecule has 0 aliphatic carbocycles. The summed E-state index contributed by atoms with van der Waals surface area (Å²) in [6, 6.07) is -6.84. The minimum Gasteiger partial charge on any atom is -0.726 e. The SMILES string of the molecule is CO[C@H]1OC(COS(=O)(=O)[O-])[C@@H](O[C@H]2[CH-][C@H](O)[C@@H](O[C@@H]3OC(COS(=O)(=O)[O-])[C@@H](O[C@H]4[CH-][C@H](O)[C@@H](O[C@@H]5OC(COS(=O)(=O)[O-])[C@@H](O[C@H]6[CH-][C@H](O)[C@@H](O[C@@H]7OC(COS(=O)(=O)[O-])[C@@H](O[C@H]8[CH-][C@H](O)[C@H](O)C(C)O8)[C@H](O)C7NSOO[O-])C(C)O6)[C@H](O)C5NSOO[O-])C(C)O4)[C@H](O)C3NSOO[O-])C(C)O2)[C@H](O)C1NSOO[O-].O=S(=O)([O-])O.O=S(=O)([O-])O.O=S(=O)([O-])O.O=S(=O)([O-])O.[Na+].[Na+].[Na+].[Na+].[Na+].[Na+].[Na+].[Na+].[Na+].[Na+].[Na+].[Na+]. The largest absolute Gasteiger partial charge is 1.00 e. The summed E-state index contributed by atoms with van der Waals surface area (Å²) >= 11 is 0.0685. The maximum absolute atomic E-state index is 12.1. The van der Waals surface area contributed by atoms with E-state index in [1.54, 1.807) is 0 Å². The quantitative estimate of drug-likeness (QED) is 0.00310. The molecule has 8 aliphatic rings. The fraction of sp³-hybridized carbons (Fsp3) is 0.918. The van der Waals surface area contributed by atoms with E-state index < -0.39 is 331 Å². The molecule has 146 heavy (non-hydrogen) atoms. The molecule has 12 unspecified atom stereocenters. The van der Waals surface area contributed by atoms with Crippen molar-refractivity contribution >= 4 is 132 Å². The van der Waals surface area contributed by atoms with Crippen molar-refractivity contribution in [2.45, 2.75) is 249 Å². The molecular formula is C49H80N4Na12O69S12-4. The molecule has 0 aromatic carbocycles. The summed E-state index contributed by atoms with van der Waals surface area (Å²) in [5, 5.41) is 160. The zero-order chi connectivity index (χ0) is 102. The molecule has 73 nitrogen and oxygen atoms in total. The Labute approximate surface area is 1110 Å². The fourth-order valence-electron chi connectivity index (χ4n) is 12.4. The van der Waals surface area contributed by atoms with Crippen LogP contribution in [0.2, 0.25) is 0 Å². The van der Waals surface area contributed by atoms with E-state index in [2.05, 4.69) is 73.1 Å². The predicted molar refractivity (Wildman–Crippen MR) is 383 cm³/mol. The van der Waals surface area contributed by atoms with Gasteiger partial charge in [0.2, 0.25) is 83.2 Å². The average molecular weight is 2490 g/mol.